The van der Waals surface area contributed by atoms with Crippen LogP contribution in [0, 0.1) is 5.92 Å². The van der Waals surface area contributed by atoms with Gasteiger partial charge in [-0.3, -0.25) is 9.59 Å². The van der Waals surface area contributed by atoms with Gasteiger partial charge >= 0.3 is 0 Å². The summed E-state index contributed by atoms with van der Waals surface area (Å²) in [5.41, 5.74) is 1.52. The SMILES string of the molecule is COc1ccc(NC(=O)[C@@H]2CC(=O)N(C)[C@H]2c2ccccc2)cc1Cl. The van der Waals surface area contributed by atoms with Crippen LogP contribution >= 0.6 is 11.6 Å². The molecular formula is C19H19ClN2O3. The number of ether oxygens (including phenoxy) is 1. The third-order valence-electron chi connectivity index (χ3n) is 4.48. The lowest BCUT2D eigenvalue weighted by Crippen LogP contribution is -2.30. The van der Waals surface area contributed by atoms with Gasteiger partial charge in [0.05, 0.1) is 24.1 Å². The number of carbonyl (C=O) groups excluding carboxylic acids is 2. The Hall–Kier alpha value is -2.53. The number of amides is 2. The molecule has 0 spiro atoms. The van der Waals surface area contributed by atoms with Crippen molar-refractivity contribution in [3.8, 4) is 5.75 Å². The molecule has 0 aliphatic carbocycles. The average Bonchev–Trinajstić information content (AvgIpc) is 2.91. The number of halogens is 1. The van der Waals surface area contributed by atoms with Crippen LogP contribution in [0.1, 0.15) is 18.0 Å². The van der Waals surface area contributed by atoms with Crippen LogP contribution in [0.5, 0.6) is 5.75 Å². The first-order chi connectivity index (χ1) is 12.0. The molecule has 2 aromatic rings. The molecule has 2 atom stereocenters. The summed E-state index contributed by atoms with van der Waals surface area (Å²) in [7, 11) is 3.27. The predicted octanol–water partition coefficient (Wildman–Crippen LogP) is 3.51. The number of anilines is 1. The summed E-state index contributed by atoms with van der Waals surface area (Å²) >= 11 is 6.10. The topological polar surface area (TPSA) is 58.6 Å². The van der Waals surface area contributed by atoms with E-state index in [4.69, 9.17) is 16.3 Å². The zero-order valence-electron chi connectivity index (χ0n) is 14.0. The molecule has 0 bridgehead atoms. The lowest BCUT2D eigenvalue weighted by molar-refractivity contribution is -0.127. The van der Waals surface area contributed by atoms with Crippen molar-refractivity contribution in [1.82, 2.24) is 4.90 Å². The Morgan fingerprint density at radius 2 is 1.96 bits per heavy atom. The van der Waals surface area contributed by atoms with Gasteiger partial charge < -0.3 is 15.0 Å². The monoisotopic (exact) mass is 358 g/mol. The minimum atomic E-state index is -0.458. The number of carbonyl (C=O) groups is 2. The van der Waals surface area contributed by atoms with Crippen molar-refractivity contribution in [2.24, 2.45) is 5.92 Å². The van der Waals surface area contributed by atoms with E-state index in [2.05, 4.69) is 5.32 Å². The fourth-order valence-electron chi connectivity index (χ4n) is 3.19. The first-order valence-electron chi connectivity index (χ1n) is 7.96. The Balaban J connectivity index is 1.82. The summed E-state index contributed by atoms with van der Waals surface area (Å²) < 4.78 is 5.11. The normalized spacial score (nSPS) is 19.8. The molecule has 0 aromatic heterocycles. The van der Waals surface area contributed by atoms with Gasteiger partial charge in [0.15, 0.2) is 0 Å². The number of rotatable bonds is 4. The smallest absolute Gasteiger partial charge is 0.230 e. The third-order valence-corrected chi connectivity index (χ3v) is 4.78. The fraction of sp³-hybridized carbons (Fsp3) is 0.263. The van der Waals surface area contributed by atoms with E-state index in [-0.39, 0.29) is 24.3 Å². The number of methoxy groups -OCH3 is 1. The lowest BCUT2D eigenvalue weighted by Gasteiger charge is -2.25. The quantitative estimate of drug-likeness (QED) is 0.909. The molecule has 0 unspecified atom stereocenters. The largest absolute Gasteiger partial charge is 0.495 e. The first-order valence-corrected chi connectivity index (χ1v) is 8.34. The van der Waals surface area contributed by atoms with Crippen molar-refractivity contribution in [3.05, 3.63) is 59.1 Å². The third kappa shape index (κ3) is 3.46. The van der Waals surface area contributed by atoms with Crippen molar-refractivity contribution < 1.29 is 14.3 Å². The van der Waals surface area contributed by atoms with Gasteiger partial charge in [0.2, 0.25) is 11.8 Å². The van der Waals surface area contributed by atoms with Crippen LogP contribution in [0.2, 0.25) is 5.02 Å². The maximum Gasteiger partial charge on any atom is 0.230 e. The summed E-state index contributed by atoms with van der Waals surface area (Å²) in [6.45, 7) is 0. The Bertz CT molecular complexity index is 795. The van der Waals surface area contributed by atoms with Gasteiger partial charge in [0, 0.05) is 19.2 Å². The summed E-state index contributed by atoms with van der Waals surface area (Å²) in [6.07, 6.45) is 0.186. The molecule has 6 heteroatoms. The van der Waals surface area contributed by atoms with Crippen molar-refractivity contribution in [1.29, 1.82) is 0 Å². The van der Waals surface area contributed by atoms with E-state index in [1.807, 2.05) is 30.3 Å². The number of hydrogen-bond acceptors (Lipinski definition) is 3. The maximum atomic E-state index is 12.8. The minimum Gasteiger partial charge on any atom is -0.495 e. The van der Waals surface area contributed by atoms with Gasteiger partial charge in [-0.15, -0.1) is 0 Å². The van der Waals surface area contributed by atoms with Gasteiger partial charge in [-0.1, -0.05) is 41.9 Å². The molecular weight excluding hydrogens is 340 g/mol. The number of benzene rings is 2. The van der Waals surface area contributed by atoms with E-state index in [1.165, 1.54) is 7.11 Å². The summed E-state index contributed by atoms with van der Waals surface area (Å²) in [5, 5.41) is 3.28. The van der Waals surface area contributed by atoms with E-state index in [0.717, 1.165) is 5.56 Å². The van der Waals surface area contributed by atoms with Gasteiger partial charge in [-0.25, -0.2) is 0 Å². The Kier molecular flexibility index (Phi) is 4.95. The van der Waals surface area contributed by atoms with Crippen molar-refractivity contribution in [3.63, 3.8) is 0 Å². The maximum absolute atomic E-state index is 12.8. The fourth-order valence-corrected chi connectivity index (χ4v) is 3.45. The van der Waals surface area contributed by atoms with Crippen LogP contribution in [0.15, 0.2) is 48.5 Å². The Morgan fingerprint density at radius 3 is 2.60 bits per heavy atom. The summed E-state index contributed by atoms with van der Waals surface area (Å²) in [5.74, 6) is -0.159. The van der Waals surface area contributed by atoms with Crippen molar-refractivity contribution in [2.45, 2.75) is 12.5 Å². The molecule has 1 fully saturated rings. The van der Waals surface area contributed by atoms with Crippen LogP contribution in [-0.4, -0.2) is 30.9 Å². The molecule has 2 amide bonds. The van der Waals surface area contributed by atoms with Crippen LogP contribution in [0.4, 0.5) is 5.69 Å². The highest BCUT2D eigenvalue weighted by molar-refractivity contribution is 6.32. The van der Waals surface area contributed by atoms with E-state index >= 15 is 0 Å². The average molecular weight is 359 g/mol. The Morgan fingerprint density at radius 1 is 1.24 bits per heavy atom. The predicted molar refractivity (Wildman–Crippen MR) is 96.7 cm³/mol. The van der Waals surface area contributed by atoms with Crippen molar-refractivity contribution in [2.75, 3.05) is 19.5 Å². The van der Waals surface area contributed by atoms with Gasteiger partial charge in [0.1, 0.15) is 5.75 Å². The molecule has 130 valence electrons. The van der Waals surface area contributed by atoms with Gasteiger partial charge in [-0.05, 0) is 23.8 Å². The highest BCUT2D eigenvalue weighted by Crippen LogP contribution is 2.38. The van der Waals surface area contributed by atoms with Crippen molar-refractivity contribution >= 4 is 29.1 Å². The lowest BCUT2D eigenvalue weighted by atomic mass is 9.93. The number of nitrogens with one attached hydrogen (secondary N) is 1. The summed E-state index contributed by atoms with van der Waals surface area (Å²) in [6, 6.07) is 14.4. The second kappa shape index (κ2) is 7.15. The number of hydrogen-bond donors (Lipinski definition) is 1. The van der Waals surface area contributed by atoms with Gasteiger partial charge in [-0.2, -0.15) is 0 Å². The van der Waals surface area contributed by atoms with E-state index in [1.54, 1.807) is 30.1 Å². The first kappa shape index (κ1) is 17.3. The van der Waals surface area contributed by atoms with Crippen LogP contribution in [0.25, 0.3) is 0 Å². The standard InChI is InChI=1S/C19H19ClN2O3/c1-22-17(23)11-14(18(22)12-6-4-3-5-7-12)19(24)21-13-8-9-16(25-2)15(20)10-13/h3-10,14,18H,11H2,1-2H3,(H,21,24)/t14-,18+/m1/s1. The number of likely N-dealkylation sites (tertiary alicyclic amines) is 1. The highest BCUT2D eigenvalue weighted by atomic mass is 35.5. The van der Waals surface area contributed by atoms with E-state index in [0.29, 0.717) is 16.5 Å². The molecule has 1 heterocycles. The Labute approximate surface area is 151 Å². The molecule has 0 saturated carbocycles. The van der Waals surface area contributed by atoms with Crippen LogP contribution in [-0.2, 0) is 9.59 Å². The molecule has 0 radical (unpaired) electrons. The molecule has 25 heavy (non-hydrogen) atoms. The second-order valence-corrected chi connectivity index (χ2v) is 6.42. The summed E-state index contributed by atoms with van der Waals surface area (Å²) in [4.78, 5) is 26.6. The molecule has 1 saturated heterocycles. The highest BCUT2D eigenvalue weighted by Gasteiger charge is 2.42. The van der Waals surface area contributed by atoms with E-state index in [9.17, 15) is 9.59 Å². The number of nitrogens with zero attached hydrogens (tertiary/aromatic N) is 1. The van der Waals surface area contributed by atoms with Crippen LogP contribution in [0.3, 0.4) is 0 Å². The molecule has 5 nitrogen and oxygen atoms in total. The van der Waals surface area contributed by atoms with Gasteiger partial charge in [0.25, 0.3) is 0 Å². The molecule has 2 aromatic carbocycles. The minimum absolute atomic E-state index is 0.0400. The zero-order valence-corrected chi connectivity index (χ0v) is 14.8. The van der Waals surface area contributed by atoms with E-state index < -0.39 is 5.92 Å². The molecule has 3 rings (SSSR count). The second-order valence-electron chi connectivity index (χ2n) is 6.01. The molecule has 1 aliphatic heterocycles. The molecule has 1 aliphatic rings. The molecule has 1 N–H and O–H groups in total. The zero-order chi connectivity index (χ0) is 18.0. The van der Waals surface area contributed by atoms with Crippen LogP contribution < -0.4 is 10.1 Å².